The number of aromatic nitrogens is 2. The molecule has 0 aliphatic carbocycles. The van der Waals surface area contributed by atoms with Crippen LogP contribution in [0.15, 0.2) is 53.7 Å². The van der Waals surface area contributed by atoms with Crippen molar-refractivity contribution in [3.8, 4) is 0 Å². The number of hydrogen-bond acceptors (Lipinski definition) is 4. The van der Waals surface area contributed by atoms with Crippen LogP contribution in [0.3, 0.4) is 0 Å². The lowest BCUT2D eigenvalue weighted by atomic mass is 10.2. The first kappa shape index (κ1) is 17.4. The van der Waals surface area contributed by atoms with E-state index in [0.717, 1.165) is 6.07 Å². The predicted molar refractivity (Wildman–Crippen MR) is 86.8 cm³/mol. The maximum Gasteiger partial charge on any atom is 0.416 e. The fourth-order valence-electron chi connectivity index (χ4n) is 2.12. The Kier molecular flexibility index (Phi) is 4.29. The first-order valence-electron chi connectivity index (χ1n) is 6.77. The summed E-state index contributed by atoms with van der Waals surface area (Å²) >= 11 is 5.78. The normalized spacial score (nSPS) is 12.3. The zero-order chi connectivity index (χ0) is 18.2. The Morgan fingerprint density at radius 2 is 1.64 bits per heavy atom. The van der Waals surface area contributed by atoms with Crippen molar-refractivity contribution in [3.63, 3.8) is 0 Å². The van der Waals surface area contributed by atoms with Crippen molar-refractivity contribution < 1.29 is 21.6 Å². The monoisotopic (exact) mass is 387 g/mol. The zero-order valence-corrected chi connectivity index (χ0v) is 13.8. The average Bonchev–Trinajstić information content (AvgIpc) is 2.53. The van der Waals surface area contributed by atoms with E-state index < -0.39 is 26.7 Å². The van der Waals surface area contributed by atoms with Crippen LogP contribution in [-0.4, -0.2) is 18.4 Å². The van der Waals surface area contributed by atoms with Crippen molar-refractivity contribution in [3.05, 3.63) is 59.4 Å². The Morgan fingerprint density at radius 3 is 2.32 bits per heavy atom. The van der Waals surface area contributed by atoms with E-state index in [0.29, 0.717) is 23.2 Å². The first-order valence-corrected chi connectivity index (χ1v) is 8.63. The molecule has 0 fully saturated rings. The molecule has 0 aliphatic rings. The summed E-state index contributed by atoms with van der Waals surface area (Å²) in [6.45, 7) is 0. The Labute approximate surface area is 145 Å². The summed E-state index contributed by atoms with van der Waals surface area (Å²) in [4.78, 5) is 7.42. The van der Waals surface area contributed by atoms with Gasteiger partial charge in [0.2, 0.25) is 0 Å². The molecule has 0 amide bonds. The lowest BCUT2D eigenvalue weighted by Crippen LogP contribution is -2.15. The Morgan fingerprint density at radius 1 is 0.960 bits per heavy atom. The summed E-state index contributed by atoms with van der Waals surface area (Å²) in [6, 6.07) is 6.48. The highest BCUT2D eigenvalue weighted by Gasteiger charge is 2.32. The second-order valence-electron chi connectivity index (χ2n) is 5.01. The van der Waals surface area contributed by atoms with Gasteiger partial charge in [-0.1, -0.05) is 11.6 Å². The predicted octanol–water partition coefficient (Wildman–Crippen LogP) is 4.10. The molecule has 0 bridgehead atoms. The number of alkyl halides is 3. The number of fused-ring (bicyclic) bond motifs is 1. The van der Waals surface area contributed by atoms with E-state index in [4.69, 9.17) is 11.6 Å². The van der Waals surface area contributed by atoms with Crippen LogP contribution in [-0.2, 0) is 16.2 Å². The Bertz CT molecular complexity index is 1060. The van der Waals surface area contributed by atoms with Gasteiger partial charge in [-0.2, -0.15) is 13.2 Å². The molecule has 0 saturated carbocycles. The van der Waals surface area contributed by atoms with Crippen molar-refractivity contribution in [1.82, 2.24) is 9.97 Å². The molecule has 2 aromatic carbocycles. The van der Waals surface area contributed by atoms with Crippen LogP contribution in [0.2, 0.25) is 5.02 Å². The lowest BCUT2D eigenvalue weighted by Gasteiger charge is -2.12. The van der Waals surface area contributed by atoms with Crippen molar-refractivity contribution >= 4 is 38.3 Å². The average molecular weight is 388 g/mol. The van der Waals surface area contributed by atoms with E-state index >= 15 is 0 Å². The SMILES string of the molecule is O=S(=O)(Nc1ccc2nccnc2c1)c1cc(C(F)(F)F)ccc1Cl. The number of nitrogens with zero attached hydrogens (tertiary/aromatic N) is 2. The lowest BCUT2D eigenvalue weighted by molar-refractivity contribution is -0.137. The Balaban J connectivity index is 2.01. The third-order valence-electron chi connectivity index (χ3n) is 3.27. The minimum absolute atomic E-state index is 0.126. The van der Waals surface area contributed by atoms with Gasteiger partial charge >= 0.3 is 6.18 Å². The molecule has 0 saturated heterocycles. The quantitative estimate of drug-likeness (QED) is 0.734. The van der Waals surface area contributed by atoms with E-state index in [-0.39, 0.29) is 10.7 Å². The summed E-state index contributed by atoms with van der Waals surface area (Å²) < 4.78 is 65.5. The van der Waals surface area contributed by atoms with Gasteiger partial charge in [-0.15, -0.1) is 0 Å². The fourth-order valence-corrected chi connectivity index (χ4v) is 3.70. The third-order valence-corrected chi connectivity index (χ3v) is 5.13. The summed E-state index contributed by atoms with van der Waals surface area (Å²) in [5.74, 6) is 0. The summed E-state index contributed by atoms with van der Waals surface area (Å²) in [6.07, 6.45) is -1.77. The van der Waals surface area contributed by atoms with Gasteiger partial charge in [0, 0.05) is 12.4 Å². The minimum Gasteiger partial charge on any atom is -0.280 e. The number of rotatable bonds is 3. The molecule has 10 heteroatoms. The van der Waals surface area contributed by atoms with Crippen LogP contribution in [0.1, 0.15) is 5.56 Å². The maximum atomic E-state index is 12.8. The topological polar surface area (TPSA) is 72.0 Å². The van der Waals surface area contributed by atoms with E-state index in [1.54, 1.807) is 0 Å². The fraction of sp³-hybridized carbons (Fsp3) is 0.0667. The molecule has 130 valence electrons. The van der Waals surface area contributed by atoms with Gasteiger partial charge in [0.1, 0.15) is 4.90 Å². The molecule has 3 aromatic rings. The van der Waals surface area contributed by atoms with Crippen molar-refractivity contribution in [2.45, 2.75) is 11.1 Å². The molecule has 1 heterocycles. The standard InChI is InChI=1S/C15H9ClF3N3O2S/c16-11-3-1-9(15(17,18)19)7-14(11)25(23,24)22-10-2-4-12-13(8-10)21-6-5-20-12/h1-8,22H. The maximum absolute atomic E-state index is 12.8. The number of hydrogen-bond donors (Lipinski definition) is 1. The van der Waals surface area contributed by atoms with Crippen LogP contribution in [0.4, 0.5) is 18.9 Å². The minimum atomic E-state index is -4.69. The second-order valence-corrected chi connectivity index (χ2v) is 7.07. The van der Waals surface area contributed by atoms with Gasteiger partial charge in [-0.3, -0.25) is 14.7 Å². The molecule has 0 aliphatic heterocycles. The van der Waals surface area contributed by atoms with E-state index in [9.17, 15) is 21.6 Å². The molecule has 0 unspecified atom stereocenters. The van der Waals surface area contributed by atoms with Crippen LogP contribution >= 0.6 is 11.6 Å². The molecule has 0 spiro atoms. The first-order chi connectivity index (χ1) is 11.7. The second kappa shape index (κ2) is 6.16. The van der Waals surface area contributed by atoms with Crippen LogP contribution in [0.5, 0.6) is 0 Å². The number of anilines is 1. The van der Waals surface area contributed by atoms with Gasteiger partial charge in [-0.25, -0.2) is 8.42 Å². The summed E-state index contributed by atoms with van der Waals surface area (Å²) in [5, 5.41) is -0.318. The number of halogens is 4. The third kappa shape index (κ3) is 3.67. The van der Waals surface area contributed by atoms with Crippen molar-refractivity contribution in [2.24, 2.45) is 0 Å². The van der Waals surface area contributed by atoms with Gasteiger partial charge in [0.05, 0.1) is 27.3 Å². The Hall–Kier alpha value is -2.39. The highest BCUT2D eigenvalue weighted by Crippen LogP contribution is 2.34. The van der Waals surface area contributed by atoms with Crippen LogP contribution < -0.4 is 4.72 Å². The van der Waals surface area contributed by atoms with Gasteiger partial charge < -0.3 is 0 Å². The summed E-state index contributed by atoms with van der Waals surface area (Å²) in [7, 11) is -4.33. The van der Waals surface area contributed by atoms with Gasteiger partial charge in [0.15, 0.2) is 0 Å². The molecular formula is C15H9ClF3N3O2S. The smallest absolute Gasteiger partial charge is 0.280 e. The summed E-state index contributed by atoms with van der Waals surface area (Å²) in [5.41, 5.74) is -0.0106. The molecule has 25 heavy (non-hydrogen) atoms. The van der Waals surface area contributed by atoms with E-state index in [2.05, 4.69) is 14.7 Å². The van der Waals surface area contributed by atoms with Crippen LogP contribution in [0, 0.1) is 0 Å². The van der Waals surface area contributed by atoms with E-state index in [1.807, 2.05) is 0 Å². The molecule has 0 radical (unpaired) electrons. The molecule has 5 nitrogen and oxygen atoms in total. The van der Waals surface area contributed by atoms with Crippen LogP contribution in [0.25, 0.3) is 11.0 Å². The number of sulfonamides is 1. The van der Waals surface area contributed by atoms with Crippen molar-refractivity contribution in [1.29, 1.82) is 0 Å². The molecule has 3 rings (SSSR count). The highest BCUT2D eigenvalue weighted by molar-refractivity contribution is 7.92. The molecule has 1 aromatic heterocycles. The van der Waals surface area contributed by atoms with Gasteiger partial charge in [-0.05, 0) is 36.4 Å². The number of benzene rings is 2. The molecular weight excluding hydrogens is 379 g/mol. The molecule has 1 N–H and O–H groups in total. The largest absolute Gasteiger partial charge is 0.416 e. The van der Waals surface area contributed by atoms with Crippen molar-refractivity contribution in [2.75, 3.05) is 4.72 Å². The highest BCUT2D eigenvalue weighted by atomic mass is 35.5. The zero-order valence-electron chi connectivity index (χ0n) is 12.2. The van der Waals surface area contributed by atoms with E-state index in [1.165, 1.54) is 30.6 Å². The molecule has 0 atom stereocenters. The number of nitrogens with one attached hydrogen (secondary N) is 1. The van der Waals surface area contributed by atoms with Gasteiger partial charge in [0.25, 0.3) is 10.0 Å².